The minimum atomic E-state index is 0.0881. The topological polar surface area (TPSA) is 28.7 Å². The molecule has 0 spiro atoms. The number of benzene rings is 4. The molecule has 0 unspecified atom stereocenters. The van der Waals surface area contributed by atoms with Gasteiger partial charge in [0.2, 0.25) is 0 Å². The van der Waals surface area contributed by atoms with Crippen molar-refractivity contribution in [2.24, 2.45) is 0 Å². The fraction of sp³-hybridized carbons (Fsp3) is 0.265. The standard InChI is InChI=1S/C34H34N2/c1-22-18-23(21-35)8-15-28(22)24-9-13-27(14-10-24)36-31-16-11-25(33(2,3)4)19-29(31)30-20-26(34(5,6)7)12-17-32(30)36/h8-20H,1-7H3. The Bertz CT molecular complexity index is 1570. The second-order valence-electron chi connectivity index (χ2n) is 12.0. The Labute approximate surface area is 214 Å². The largest absolute Gasteiger partial charge is 0.309 e. The highest BCUT2D eigenvalue weighted by atomic mass is 15.0. The van der Waals surface area contributed by atoms with Crippen molar-refractivity contribution in [3.8, 4) is 22.9 Å². The van der Waals surface area contributed by atoms with Crippen LogP contribution in [0.5, 0.6) is 0 Å². The first kappa shape index (κ1) is 23.9. The van der Waals surface area contributed by atoms with Crippen molar-refractivity contribution in [1.29, 1.82) is 5.26 Å². The summed E-state index contributed by atoms with van der Waals surface area (Å²) in [4.78, 5) is 0. The minimum absolute atomic E-state index is 0.0881. The molecule has 0 aliphatic carbocycles. The van der Waals surface area contributed by atoms with Crippen molar-refractivity contribution in [1.82, 2.24) is 4.57 Å². The van der Waals surface area contributed by atoms with Gasteiger partial charge in [0.25, 0.3) is 0 Å². The van der Waals surface area contributed by atoms with Crippen LogP contribution in [0.4, 0.5) is 0 Å². The third-order valence-corrected chi connectivity index (χ3v) is 7.29. The molecule has 2 heteroatoms. The van der Waals surface area contributed by atoms with Crippen LogP contribution in [0, 0.1) is 18.3 Å². The van der Waals surface area contributed by atoms with Gasteiger partial charge < -0.3 is 4.57 Å². The Morgan fingerprint density at radius 3 is 1.61 bits per heavy atom. The van der Waals surface area contributed by atoms with Crippen LogP contribution < -0.4 is 0 Å². The zero-order chi connectivity index (χ0) is 25.8. The summed E-state index contributed by atoms with van der Waals surface area (Å²) in [7, 11) is 0. The Balaban J connectivity index is 1.71. The molecule has 0 amide bonds. The van der Waals surface area contributed by atoms with Crippen LogP contribution in [-0.4, -0.2) is 4.57 Å². The summed E-state index contributed by atoms with van der Waals surface area (Å²) in [5, 5.41) is 11.8. The highest BCUT2D eigenvalue weighted by Crippen LogP contribution is 2.38. The van der Waals surface area contributed by atoms with Crippen molar-refractivity contribution in [3.63, 3.8) is 0 Å². The van der Waals surface area contributed by atoms with Crippen LogP contribution in [0.25, 0.3) is 38.6 Å². The fourth-order valence-electron chi connectivity index (χ4n) is 5.08. The van der Waals surface area contributed by atoms with Gasteiger partial charge in [0.05, 0.1) is 22.7 Å². The maximum atomic E-state index is 9.21. The van der Waals surface area contributed by atoms with E-state index >= 15 is 0 Å². The average molecular weight is 471 g/mol. The predicted octanol–water partition coefficient (Wildman–Crippen LogP) is 9.23. The summed E-state index contributed by atoms with van der Waals surface area (Å²) in [6.45, 7) is 15.7. The lowest BCUT2D eigenvalue weighted by Crippen LogP contribution is -2.10. The molecule has 2 nitrogen and oxygen atoms in total. The van der Waals surface area contributed by atoms with Gasteiger partial charge in [-0.05, 0) is 94.1 Å². The number of hydrogen-bond acceptors (Lipinski definition) is 1. The van der Waals surface area contributed by atoms with E-state index < -0.39 is 0 Å². The maximum absolute atomic E-state index is 9.21. The smallest absolute Gasteiger partial charge is 0.0991 e. The molecule has 0 fully saturated rings. The van der Waals surface area contributed by atoms with Gasteiger partial charge in [0, 0.05) is 16.5 Å². The molecule has 0 atom stereocenters. The summed E-state index contributed by atoms with van der Waals surface area (Å²) in [6, 6.07) is 30.8. The molecule has 5 rings (SSSR count). The van der Waals surface area contributed by atoms with E-state index in [9.17, 15) is 5.26 Å². The molecule has 5 aromatic rings. The van der Waals surface area contributed by atoms with E-state index in [1.807, 2.05) is 18.2 Å². The first-order chi connectivity index (χ1) is 17.0. The first-order valence-corrected chi connectivity index (χ1v) is 12.7. The molecule has 0 radical (unpaired) electrons. The summed E-state index contributed by atoms with van der Waals surface area (Å²) < 4.78 is 2.39. The zero-order valence-corrected chi connectivity index (χ0v) is 22.4. The van der Waals surface area contributed by atoms with Crippen LogP contribution in [0.1, 0.15) is 63.8 Å². The Morgan fingerprint density at radius 2 is 1.17 bits per heavy atom. The van der Waals surface area contributed by atoms with Crippen LogP contribution in [-0.2, 0) is 10.8 Å². The number of fused-ring (bicyclic) bond motifs is 3. The summed E-state index contributed by atoms with van der Waals surface area (Å²) in [5.74, 6) is 0. The molecule has 0 aliphatic rings. The normalized spacial score (nSPS) is 12.3. The summed E-state index contributed by atoms with van der Waals surface area (Å²) in [5.41, 5.74) is 10.6. The van der Waals surface area contributed by atoms with E-state index in [1.165, 1.54) is 32.9 Å². The zero-order valence-electron chi connectivity index (χ0n) is 22.4. The second-order valence-corrected chi connectivity index (χ2v) is 12.0. The maximum Gasteiger partial charge on any atom is 0.0991 e. The summed E-state index contributed by atoms with van der Waals surface area (Å²) in [6.07, 6.45) is 0. The lowest BCUT2D eigenvalue weighted by atomic mass is 9.85. The highest BCUT2D eigenvalue weighted by Gasteiger charge is 2.20. The van der Waals surface area contributed by atoms with E-state index in [-0.39, 0.29) is 10.8 Å². The third-order valence-electron chi connectivity index (χ3n) is 7.29. The quantitative estimate of drug-likeness (QED) is 0.253. The number of nitriles is 1. The molecule has 180 valence electrons. The highest BCUT2D eigenvalue weighted by molar-refractivity contribution is 6.09. The minimum Gasteiger partial charge on any atom is -0.309 e. The van der Waals surface area contributed by atoms with Gasteiger partial charge in [-0.25, -0.2) is 0 Å². The monoisotopic (exact) mass is 470 g/mol. The van der Waals surface area contributed by atoms with Gasteiger partial charge in [0.1, 0.15) is 0 Å². The van der Waals surface area contributed by atoms with E-state index in [0.717, 1.165) is 22.4 Å². The number of hydrogen-bond donors (Lipinski definition) is 0. The molecule has 36 heavy (non-hydrogen) atoms. The van der Waals surface area contributed by atoms with Crippen LogP contribution in [0.15, 0.2) is 78.9 Å². The van der Waals surface area contributed by atoms with E-state index in [2.05, 4.69) is 120 Å². The predicted molar refractivity (Wildman–Crippen MR) is 153 cm³/mol. The van der Waals surface area contributed by atoms with Gasteiger partial charge in [-0.3, -0.25) is 0 Å². The van der Waals surface area contributed by atoms with Gasteiger partial charge in [0.15, 0.2) is 0 Å². The number of rotatable bonds is 2. The number of aromatic nitrogens is 1. The fourth-order valence-corrected chi connectivity index (χ4v) is 5.08. The Morgan fingerprint density at radius 1 is 0.639 bits per heavy atom. The molecule has 0 aliphatic heterocycles. The van der Waals surface area contributed by atoms with E-state index in [1.54, 1.807) is 0 Å². The van der Waals surface area contributed by atoms with E-state index in [0.29, 0.717) is 5.56 Å². The van der Waals surface area contributed by atoms with Gasteiger partial charge in [-0.1, -0.05) is 71.9 Å². The SMILES string of the molecule is Cc1cc(C#N)ccc1-c1ccc(-n2c3ccc(C(C)(C)C)cc3c3cc(C(C)(C)C)ccc32)cc1. The van der Waals surface area contributed by atoms with Crippen LogP contribution in [0.2, 0.25) is 0 Å². The van der Waals surface area contributed by atoms with Crippen LogP contribution in [0.3, 0.4) is 0 Å². The molecule has 0 saturated heterocycles. The number of nitrogens with zero attached hydrogens (tertiary/aromatic N) is 2. The Kier molecular flexibility index (Phi) is 5.56. The summed E-state index contributed by atoms with van der Waals surface area (Å²) >= 11 is 0. The lowest BCUT2D eigenvalue weighted by molar-refractivity contribution is 0.590. The Hall–Kier alpha value is -3.83. The second kappa shape index (κ2) is 8.38. The first-order valence-electron chi connectivity index (χ1n) is 12.7. The van der Waals surface area contributed by atoms with E-state index in [4.69, 9.17) is 0 Å². The third kappa shape index (κ3) is 4.10. The molecule has 4 aromatic carbocycles. The molecular weight excluding hydrogens is 436 g/mol. The molecule has 1 heterocycles. The molecule has 1 aromatic heterocycles. The molecule has 0 bridgehead atoms. The van der Waals surface area contributed by atoms with Crippen molar-refractivity contribution in [3.05, 3.63) is 101 Å². The molecule has 0 N–H and O–H groups in total. The van der Waals surface area contributed by atoms with Gasteiger partial charge in [-0.15, -0.1) is 0 Å². The van der Waals surface area contributed by atoms with Crippen molar-refractivity contribution < 1.29 is 0 Å². The van der Waals surface area contributed by atoms with Crippen molar-refractivity contribution >= 4 is 21.8 Å². The average Bonchev–Trinajstić information content (AvgIpc) is 3.16. The molecular formula is C34H34N2. The van der Waals surface area contributed by atoms with Crippen molar-refractivity contribution in [2.75, 3.05) is 0 Å². The van der Waals surface area contributed by atoms with Gasteiger partial charge in [-0.2, -0.15) is 5.26 Å². The van der Waals surface area contributed by atoms with Gasteiger partial charge >= 0.3 is 0 Å². The lowest BCUT2D eigenvalue weighted by Gasteiger charge is -2.19. The number of aryl methyl sites for hydroxylation is 1. The molecule has 0 saturated carbocycles. The van der Waals surface area contributed by atoms with Crippen molar-refractivity contribution in [2.45, 2.75) is 59.3 Å². The van der Waals surface area contributed by atoms with Crippen LogP contribution >= 0.6 is 0 Å².